The molecule has 174 valence electrons. The number of rotatable bonds is 7. The maximum absolute atomic E-state index is 15.3. The van der Waals surface area contributed by atoms with Crippen LogP contribution in [0.4, 0.5) is 14.5 Å². The second kappa shape index (κ2) is 10.1. The van der Waals surface area contributed by atoms with Crippen LogP contribution in [0.3, 0.4) is 0 Å². The van der Waals surface area contributed by atoms with Crippen LogP contribution in [-0.2, 0) is 9.63 Å². The highest BCUT2D eigenvalue weighted by Crippen LogP contribution is 2.32. The Bertz CT molecular complexity index is 916. The van der Waals surface area contributed by atoms with Gasteiger partial charge in [-0.25, -0.2) is 19.3 Å². The molecule has 2 aliphatic carbocycles. The van der Waals surface area contributed by atoms with Crippen molar-refractivity contribution in [3.8, 4) is 0 Å². The summed E-state index contributed by atoms with van der Waals surface area (Å²) in [6, 6.07) is 4.20. The van der Waals surface area contributed by atoms with Crippen molar-refractivity contribution in [1.29, 1.82) is 0 Å². The first-order chi connectivity index (χ1) is 15.3. The van der Waals surface area contributed by atoms with Crippen LogP contribution in [0.15, 0.2) is 39.4 Å². The molecule has 2 fully saturated rings. The Hall–Kier alpha value is -1.68. The highest BCUT2D eigenvalue weighted by Gasteiger charge is 2.39. The van der Waals surface area contributed by atoms with E-state index in [1.807, 2.05) is 0 Å². The number of halogens is 3. The second-order valence-electron chi connectivity index (χ2n) is 9.11. The van der Waals surface area contributed by atoms with Crippen molar-refractivity contribution in [1.82, 2.24) is 5.48 Å². The normalized spacial score (nSPS) is 27.9. The Morgan fingerprint density at radius 2 is 1.97 bits per heavy atom. The summed E-state index contributed by atoms with van der Waals surface area (Å²) in [6.07, 6.45) is 6.67. The standard InChI is InChI=1S/C23H28BrF2N3O3/c24-17-8-9-21(19(25)10-17)27-22-18(23(30)28-32-14-16-6-7-16)12-29(31,13-20(22)26)11-15-4-2-1-3-5-15/h8-10,12,15-16,20H,1-7,11,13-14H2,(H,28,30). The van der Waals surface area contributed by atoms with Crippen molar-refractivity contribution >= 4 is 33.2 Å². The average molecular weight is 512 g/mol. The van der Waals surface area contributed by atoms with Gasteiger partial charge < -0.3 is 9.85 Å². The van der Waals surface area contributed by atoms with E-state index in [0.29, 0.717) is 17.0 Å². The molecule has 1 heterocycles. The largest absolute Gasteiger partial charge is 0.628 e. The number of quaternary nitrogens is 1. The fourth-order valence-electron chi connectivity index (χ4n) is 4.39. The van der Waals surface area contributed by atoms with Gasteiger partial charge in [0.25, 0.3) is 5.91 Å². The Morgan fingerprint density at radius 1 is 1.22 bits per heavy atom. The number of hydrogen-bond acceptors (Lipinski definition) is 4. The average Bonchev–Trinajstić information content (AvgIpc) is 3.56. The minimum atomic E-state index is -1.80. The monoisotopic (exact) mass is 511 g/mol. The maximum Gasteiger partial charge on any atom is 0.282 e. The molecule has 2 saturated carbocycles. The minimum Gasteiger partial charge on any atom is -0.628 e. The first kappa shape index (κ1) is 23.5. The summed E-state index contributed by atoms with van der Waals surface area (Å²) in [6.45, 7) is 0.207. The van der Waals surface area contributed by atoms with Crippen LogP contribution in [0, 0.1) is 22.9 Å². The van der Waals surface area contributed by atoms with Crippen LogP contribution in [0.1, 0.15) is 44.9 Å². The number of carbonyl (C=O) groups is 1. The third kappa shape index (κ3) is 6.01. The summed E-state index contributed by atoms with van der Waals surface area (Å²) in [7, 11) is 0. The number of aliphatic imine (C=N–C) groups is 1. The van der Waals surface area contributed by atoms with E-state index >= 15 is 4.39 Å². The van der Waals surface area contributed by atoms with Crippen LogP contribution < -0.4 is 5.48 Å². The molecule has 6 nitrogen and oxygen atoms in total. The molecular formula is C23H28BrF2N3O3. The summed E-state index contributed by atoms with van der Waals surface area (Å²) >= 11 is 3.18. The van der Waals surface area contributed by atoms with Crippen LogP contribution in [0.2, 0.25) is 0 Å². The van der Waals surface area contributed by atoms with Crippen molar-refractivity contribution < 1.29 is 23.1 Å². The lowest BCUT2D eigenvalue weighted by Gasteiger charge is -2.45. The lowest BCUT2D eigenvalue weighted by molar-refractivity contribution is -0.836. The number of alkyl halides is 1. The SMILES string of the molecule is O=C(NOCC1CC1)C1=C[N+]([O-])(CC2CCCCC2)CC(F)C1=Nc1ccc(Br)cc1F. The summed E-state index contributed by atoms with van der Waals surface area (Å²) in [5.41, 5.74) is 1.79. The molecule has 2 atom stereocenters. The lowest BCUT2D eigenvalue weighted by atomic mass is 9.88. The topological polar surface area (TPSA) is 73.8 Å². The zero-order valence-electron chi connectivity index (χ0n) is 17.9. The summed E-state index contributed by atoms with van der Waals surface area (Å²) in [5.74, 6) is -0.775. The first-order valence-electron chi connectivity index (χ1n) is 11.2. The zero-order valence-corrected chi connectivity index (χ0v) is 19.5. The molecule has 0 aromatic heterocycles. The van der Waals surface area contributed by atoms with Crippen molar-refractivity contribution in [2.75, 3.05) is 19.7 Å². The molecular weight excluding hydrogens is 484 g/mol. The second-order valence-corrected chi connectivity index (χ2v) is 10.0. The molecule has 1 amide bonds. The van der Waals surface area contributed by atoms with Gasteiger partial charge in [0.15, 0.2) is 6.17 Å². The van der Waals surface area contributed by atoms with E-state index in [1.54, 1.807) is 6.07 Å². The third-order valence-corrected chi connectivity index (χ3v) is 6.77. The van der Waals surface area contributed by atoms with Crippen LogP contribution in [-0.4, -0.2) is 42.1 Å². The number of benzene rings is 1. The minimum absolute atomic E-state index is 0.0957. The van der Waals surface area contributed by atoms with Gasteiger partial charge >= 0.3 is 0 Å². The predicted molar refractivity (Wildman–Crippen MR) is 121 cm³/mol. The summed E-state index contributed by atoms with van der Waals surface area (Å²) in [4.78, 5) is 22.2. The highest BCUT2D eigenvalue weighted by molar-refractivity contribution is 9.10. The van der Waals surface area contributed by atoms with Crippen molar-refractivity contribution in [3.05, 3.63) is 45.5 Å². The van der Waals surface area contributed by atoms with Gasteiger partial charge in [0, 0.05) is 10.4 Å². The van der Waals surface area contributed by atoms with Crippen molar-refractivity contribution in [2.45, 2.75) is 51.1 Å². The van der Waals surface area contributed by atoms with Gasteiger partial charge in [0.1, 0.15) is 24.1 Å². The van der Waals surface area contributed by atoms with Gasteiger partial charge in [0.05, 0.1) is 24.6 Å². The van der Waals surface area contributed by atoms with E-state index < -0.39 is 22.5 Å². The molecule has 0 spiro atoms. The van der Waals surface area contributed by atoms with Gasteiger partial charge in [-0.1, -0.05) is 35.2 Å². The molecule has 1 N–H and O–H groups in total. The van der Waals surface area contributed by atoms with Gasteiger partial charge in [-0.3, -0.25) is 9.63 Å². The van der Waals surface area contributed by atoms with Crippen molar-refractivity contribution in [3.63, 3.8) is 0 Å². The van der Waals surface area contributed by atoms with Crippen molar-refractivity contribution in [2.24, 2.45) is 16.8 Å². The van der Waals surface area contributed by atoms with Crippen LogP contribution in [0.25, 0.3) is 0 Å². The number of hydrogen-bond donors (Lipinski definition) is 1. The number of nitrogens with zero attached hydrogens (tertiary/aromatic N) is 2. The fourth-order valence-corrected chi connectivity index (χ4v) is 4.72. The van der Waals surface area contributed by atoms with E-state index in [1.165, 1.54) is 18.3 Å². The molecule has 2 unspecified atom stereocenters. The number of hydroxylamine groups is 4. The molecule has 9 heteroatoms. The van der Waals surface area contributed by atoms with Gasteiger partial charge in [-0.05, 0) is 49.8 Å². The third-order valence-electron chi connectivity index (χ3n) is 6.27. The fraction of sp³-hybridized carbons (Fsp3) is 0.565. The van der Waals surface area contributed by atoms with E-state index in [9.17, 15) is 14.4 Å². The smallest absolute Gasteiger partial charge is 0.282 e. The Labute approximate surface area is 195 Å². The molecule has 0 bridgehead atoms. The summed E-state index contributed by atoms with van der Waals surface area (Å²) in [5, 5.41) is 13.5. The quantitative estimate of drug-likeness (QED) is 0.308. The van der Waals surface area contributed by atoms with E-state index in [-0.39, 0.29) is 36.0 Å². The molecule has 1 aromatic rings. The molecule has 32 heavy (non-hydrogen) atoms. The first-order valence-corrected chi connectivity index (χ1v) is 12.0. The van der Waals surface area contributed by atoms with E-state index in [4.69, 9.17) is 4.84 Å². The molecule has 4 rings (SSSR count). The predicted octanol–water partition coefficient (Wildman–Crippen LogP) is 5.25. The maximum atomic E-state index is 15.3. The van der Waals surface area contributed by atoms with Gasteiger partial charge in [-0.15, -0.1) is 0 Å². The van der Waals surface area contributed by atoms with Crippen LogP contribution in [0.5, 0.6) is 0 Å². The zero-order chi connectivity index (χ0) is 22.7. The Balaban J connectivity index is 1.62. The number of amides is 1. The lowest BCUT2D eigenvalue weighted by Crippen LogP contribution is -2.52. The van der Waals surface area contributed by atoms with E-state index in [0.717, 1.165) is 44.9 Å². The molecule has 0 saturated heterocycles. The Morgan fingerprint density at radius 3 is 2.66 bits per heavy atom. The molecule has 1 aliphatic heterocycles. The molecule has 0 radical (unpaired) electrons. The number of carbonyl (C=O) groups excluding carboxylic acids is 1. The van der Waals surface area contributed by atoms with Gasteiger partial charge in [-0.2, -0.15) is 0 Å². The van der Waals surface area contributed by atoms with Gasteiger partial charge in [0.2, 0.25) is 0 Å². The van der Waals surface area contributed by atoms with E-state index in [2.05, 4.69) is 26.4 Å². The number of nitrogens with one attached hydrogen (secondary N) is 1. The molecule has 3 aliphatic rings. The Kier molecular flexibility index (Phi) is 7.39. The molecule has 1 aromatic carbocycles. The van der Waals surface area contributed by atoms with Crippen LogP contribution >= 0.6 is 15.9 Å². The summed E-state index contributed by atoms with van der Waals surface area (Å²) < 4.78 is 29.3. The highest BCUT2D eigenvalue weighted by atomic mass is 79.9.